The van der Waals surface area contributed by atoms with E-state index in [4.69, 9.17) is 4.55 Å². The van der Waals surface area contributed by atoms with Gasteiger partial charge in [0.2, 0.25) is 0 Å². The Morgan fingerprint density at radius 2 is 2.17 bits per heavy atom. The van der Waals surface area contributed by atoms with Crippen LogP contribution >= 0.6 is 0 Å². The Balaban J connectivity index is 3.96. The fourth-order valence-corrected chi connectivity index (χ4v) is 1.01. The van der Waals surface area contributed by atoms with Crippen molar-refractivity contribution in [1.29, 1.82) is 0 Å². The monoisotopic (exact) mass is 192 g/mol. The Morgan fingerprint density at radius 3 is 2.50 bits per heavy atom. The molecule has 1 unspecified atom stereocenters. The van der Waals surface area contributed by atoms with Gasteiger partial charge < -0.3 is 0 Å². The van der Waals surface area contributed by atoms with Crippen molar-refractivity contribution in [2.75, 3.05) is 0 Å². The van der Waals surface area contributed by atoms with Crippen LogP contribution in [0.2, 0.25) is 0 Å². The largest absolute Gasteiger partial charge is 0.295 e. The van der Waals surface area contributed by atoms with Crippen LogP contribution < -0.4 is 0 Å². The lowest BCUT2D eigenvalue weighted by molar-refractivity contribution is -0.114. The van der Waals surface area contributed by atoms with Crippen molar-refractivity contribution in [3.05, 3.63) is 12.7 Å². The summed E-state index contributed by atoms with van der Waals surface area (Å²) in [6, 6.07) is 0. The molecule has 0 rings (SSSR count). The lowest BCUT2D eigenvalue weighted by Gasteiger charge is -2.04. The molecule has 5 heteroatoms. The minimum atomic E-state index is -3.99. The number of rotatable bonds is 5. The highest BCUT2D eigenvalue weighted by Crippen LogP contribution is 2.06. The second kappa shape index (κ2) is 4.37. The molecule has 0 radical (unpaired) electrons. The van der Waals surface area contributed by atoms with Crippen LogP contribution in [0.1, 0.15) is 19.8 Å². The third-order valence-corrected chi connectivity index (χ3v) is 2.79. The molecule has 0 aromatic rings. The molecule has 0 saturated heterocycles. The van der Waals surface area contributed by atoms with Crippen LogP contribution in [0, 0.1) is 0 Å². The molecule has 0 aromatic carbocycles. The van der Waals surface area contributed by atoms with E-state index in [1.807, 2.05) is 0 Å². The molecule has 70 valence electrons. The molecule has 1 N–H and O–H groups in total. The number of allylic oxidation sites excluding steroid dienone is 1. The van der Waals surface area contributed by atoms with E-state index >= 15 is 0 Å². The fourth-order valence-electron chi connectivity index (χ4n) is 0.597. The molecule has 0 aliphatic carbocycles. The van der Waals surface area contributed by atoms with Gasteiger partial charge in [0, 0.05) is 6.42 Å². The first-order chi connectivity index (χ1) is 5.38. The Labute approximate surface area is 72.0 Å². The van der Waals surface area contributed by atoms with E-state index in [0.29, 0.717) is 0 Å². The number of carbonyl (C=O) groups excluding carboxylic acids is 1. The number of ketones is 1. The van der Waals surface area contributed by atoms with Gasteiger partial charge in [-0.05, 0) is 19.4 Å². The van der Waals surface area contributed by atoms with Gasteiger partial charge in [-0.2, -0.15) is 8.42 Å². The topological polar surface area (TPSA) is 71.4 Å². The molecule has 1 atom stereocenters. The van der Waals surface area contributed by atoms with Crippen molar-refractivity contribution in [2.24, 2.45) is 0 Å². The average molecular weight is 192 g/mol. The van der Waals surface area contributed by atoms with E-state index < -0.39 is 15.4 Å². The standard InChI is InChI=1S/C7H12O4S/c1-3-7(8)5-4-6(2)12(9,10)11/h3,6H,1,4-5H2,2H3,(H,9,10,11). The van der Waals surface area contributed by atoms with E-state index in [1.165, 1.54) is 6.92 Å². The van der Waals surface area contributed by atoms with Crippen LogP contribution in [0.4, 0.5) is 0 Å². The van der Waals surface area contributed by atoms with Gasteiger partial charge in [0.25, 0.3) is 10.1 Å². The molecule has 0 aliphatic rings. The minimum absolute atomic E-state index is 0.102. The maximum Gasteiger partial charge on any atom is 0.267 e. The molecule has 0 spiro atoms. The van der Waals surface area contributed by atoms with Gasteiger partial charge in [-0.1, -0.05) is 6.58 Å². The van der Waals surface area contributed by atoms with Crippen molar-refractivity contribution < 1.29 is 17.8 Å². The molecule has 4 nitrogen and oxygen atoms in total. The van der Waals surface area contributed by atoms with E-state index in [9.17, 15) is 13.2 Å². The molecular weight excluding hydrogens is 180 g/mol. The van der Waals surface area contributed by atoms with Crippen LogP contribution in [-0.2, 0) is 14.9 Å². The van der Waals surface area contributed by atoms with Crippen molar-refractivity contribution in [3.63, 3.8) is 0 Å². The van der Waals surface area contributed by atoms with Crippen LogP contribution in [0.15, 0.2) is 12.7 Å². The third kappa shape index (κ3) is 4.25. The minimum Gasteiger partial charge on any atom is -0.295 e. The number of carbonyl (C=O) groups is 1. The van der Waals surface area contributed by atoms with Crippen molar-refractivity contribution >= 4 is 15.9 Å². The highest BCUT2D eigenvalue weighted by molar-refractivity contribution is 7.86. The molecule has 12 heavy (non-hydrogen) atoms. The predicted molar refractivity (Wildman–Crippen MR) is 45.4 cm³/mol. The zero-order chi connectivity index (χ0) is 9.78. The highest BCUT2D eigenvalue weighted by atomic mass is 32.2. The predicted octanol–water partition coefficient (Wildman–Crippen LogP) is 0.798. The molecular formula is C7H12O4S. The van der Waals surface area contributed by atoms with E-state index in [-0.39, 0.29) is 18.6 Å². The molecule has 0 bridgehead atoms. The van der Waals surface area contributed by atoms with Crippen LogP contribution in [0.25, 0.3) is 0 Å². The van der Waals surface area contributed by atoms with Crippen LogP contribution in [0.5, 0.6) is 0 Å². The summed E-state index contributed by atoms with van der Waals surface area (Å²) in [5.74, 6) is -0.217. The molecule has 0 aliphatic heterocycles. The third-order valence-electron chi connectivity index (χ3n) is 1.53. The van der Waals surface area contributed by atoms with Crippen molar-refractivity contribution in [2.45, 2.75) is 25.0 Å². The molecule has 0 amide bonds. The summed E-state index contributed by atoms with van der Waals surface area (Å²) < 4.78 is 29.4. The smallest absolute Gasteiger partial charge is 0.267 e. The lowest BCUT2D eigenvalue weighted by atomic mass is 10.2. The van der Waals surface area contributed by atoms with Gasteiger partial charge in [0.1, 0.15) is 0 Å². The van der Waals surface area contributed by atoms with Crippen LogP contribution in [0.3, 0.4) is 0 Å². The summed E-state index contributed by atoms with van der Waals surface area (Å²) in [6.07, 6.45) is 1.37. The first-order valence-electron chi connectivity index (χ1n) is 3.49. The van der Waals surface area contributed by atoms with E-state index in [1.54, 1.807) is 0 Å². The maximum atomic E-state index is 10.6. The van der Waals surface area contributed by atoms with Gasteiger partial charge in [-0.25, -0.2) is 0 Å². The summed E-state index contributed by atoms with van der Waals surface area (Å²) in [5, 5.41) is -0.888. The Hall–Kier alpha value is -0.680. The Kier molecular flexibility index (Phi) is 4.12. The average Bonchev–Trinajstić information content (AvgIpc) is 1.97. The van der Waals surface area contributed by atoms with Gasteiger partial charge in [0.05, 0.1) is 5.25 Å². The molecule has 0 saturated carbocycles. The first-order valence-corrected chi connectivity index (χ1v) is 5.00. The zero-order valence-corrected chi connectivity index (χ0v) is 7.67. The van der Waals surface area contributed by atoms with E-state index in [0.717, 1.165) is 6.08 Å². The SMILES string of the molecule is C=CC(=O)CCC(C)S(=O)(=O)O. The summed E-state index contributed by atoms with van der Waals surface area (Å²) in [7, 11) is -3.99. The molecule has 0 heterocycles. The van der Waals surface area contributed by atoms with Crippen molar-refractivity contribution in [3.8, 4) is 0 Å². The number of hydrogen-bond donors (Lipinski definition) is 1. The maximum absolute atomic E-state index is 10.6. The summed E-state index contributed by atoms with van der Waals surface area (Å²) >= 11 is 0. The van der Waals surface area contributed by atoms with Gasteiger partial charge >= 0.3 is 0 Å². The van der Waals surface area contributed by atoms with Crippen molar-refractivity contribution in [1.82, 2.24) is 0 Å². The zero-order valence-electron chi connectivity index (χ0n) is 6.86. The fraction of sp³-hybridized carbons (Fsp3) is 0.571. The second-order valence-corrected chi connectivity index (χ2v) is 4.37. The Bertz CT molecular complexity index is 265. The second-order valence-electron chi connectivity index (χ2n) is 2.53. The summed E-state index contributed by atoms with van der Waals surface area (Å²) in [4.78, 5) is 10.6. The van der Waals surface area contributed by atoms with Gasteiger partial charge in [-0.3, -0.25) is 9.35 Å². The quantitative estimate of drug-likeness (QED) is 0.516. The highest BCUT2D eigenvalue weighted by Gasteiger charge is 2.17. The van der Waals surface area contributed by atoms with Gasteiger partial charge in [0.15, 0.2) is 5.78 Å². The molecule has 0 fully saturated rings. The Morgan fingerprint density at radius 1 is 1.67 bits per heavy atom. The summed E-state index contributed by atoms with van der Waals surface area (Å²) in [5.41, 5.74) is 0. The summed E-state index contributed by atoms with van der Waals surface area (Å²) in [6.45, 7) is 4.59. The molecule has 0 aromatic heterocycles. The lowest BCUT2D eigenvalue weighted by Crippen LogP contribution is -2.17. The van der Waals surface area contributed by atoms with E-state index in [2.05, 4.69) is 6.58 Å². The number of hydrogen-bond acceptors (Lipinski definition) is 3. The normalized spacial score (nSPS) is 13.8. The van der Waals surface area contributed by atoms with Gasteiger partial charge in [-0.15, -0.1) is 0 Å². The van der Waals surface area contributed by atoms with Crippen LogP contribution in [-0.4, -0.2) is 24.0 Å². The first kappa shape index (κ1) is 11.3.